The lowest BCUT2D eigenvalue weighted by molar-refractivity contribution is 0.0997. The van der Waals surface area contributed by atoms with Gasteiger partial charge in [-0.15, -0.1) is 6.58 Å². The Morgan fingerprint density at radius 2 is 1.93 bits per heavy atom. The number of sulfonamides is 1. The molecule has 0 aliphatic heterocycles. The van der Waals surface area contributed by atoms with Crippen LogP contribution >= 0.6 is 11.3 Å². The van der Waals surface area contributed by atoms with Gasteiger partial charge in [0.25, 0.3) is 5.91 Å². The molecule has 29 heavy (non-hydrogen) atoms. The van der Waals surface area contributed by atoms with Crippen LogP contribution < -0.4 is 19.4 Å². The van der Waals surface area contributed by atoms with Gasteiger partial charge in [-0.2, -0.15) is 4.99 Å². The third-order valence-corrected chi connectivity index (χ3v) is 6.07. The van der Waals surface area contributed by atoms with Crippen LogP contribution in [0.1, 0.15) is 10.4 Å². The van der Waals surface area contributed by atoms with Gasteiger partial charge in [0, 0.05) is 12.1 Å². The summed E-state index contributed by atoms with van der Waals surface area (Å²) in [5, 5.41) is 5.21. The average Bonchev–Trinajstić information content (AvgIpc) is 3.03. The number of thiazole rings is 1. The van der Waals surface area contributed by atoms with Crippen LogP contribution in [0.5, 0.6) is 11.5 Å². The molecule has 8 nitrogen and oxygen atoms in total. The highest BCUT2D eigenvalue weighted by Crippen LogP contribution is 2.28. The quantitative estimate of drug-likeness (QED) is 0.599. The standard InChI is InChI=1S/C19H19N3O5S2/c1-4-9-22-14-7-6-13(29(20,24)25)11-17(14)28-19(22)21-18(23)12-5-8-15(26-2)16(10-12)27-3/h4-8,10-11H,1,9H2,2-3H3,(H2,20,24,25). The molecule has 1 amide bonds. The number of ether oxygens (including phenoxy) is 2. The lowest BCUT2D eigenvalue weighted by Gasteiger charge is -2.07. The maximum absolute atomic E-state index is 12.7. The van der Waals surface area contributed by atoms with Crippen molar-refractivity contribution in [3.05, 3.63) is 59.4 Å². The Balaban J connectivity index is 2.14. The molecule has 0 aliphatic carbocycles. The molecule has 152 valence electrons. The Labute approximate surface area is 171 Å². The summed E-state index contributed by atoms with van der Waals surface area (Å²) in [6, 6.07) is 9.29. The van der Waals surface area contributed by atoms with Gasteiger partial charge < -0.3 is 14.0 Å². The molecule has 3 rings (SSSR count). The maximum Gasteiger partial charge on any atom is 0.279 e. The third-order valence-electron chi connectivity index (χ3n) is 4.12. The highest BCUT2D eigenvalue weighted by Gasteiger charge is 2.14. The van der Waals surface area contributed by atoms with Crippen molar-refractivity contribution in [3.63, 3.8) is 0 Å². The fraction of sp³-hybridized carbons (Fsp3) is 0.158. The SMILES string of the molecule is C=CCn1c(=NC(=O)c2ccc(OC)c(OC)c2)sc2cc(S(N)(=O)=O)ccc21. The van der Waals surface area contributed by atoms with Crippen molar-refractivity contribution in [3.8, 4) is 11.5 Å². The van der Waals surface area contributed by atoms with Crippen LogP contribution in [0, 0.1) is 0 Å². The first-order valence-electron chi connectivity index (χ1n) is 8.36. The van der Waals surface area contributed by atoms with Gasteiger partial charge >= 0.3 is 0 Å². The lowest BCUT2D eigenvalue weighted by atomic mass is 10.2. The van der Waals surface area contributed by atoms with E-state index in [9.17, 15) is 13.2 Å². The molecule has 0 fully saturated rings. The molecule has 0 radical (unpaired) electrons. The summed E-state index contributed by atoms with van der Waals surface area (Å²) in [4.78, 5) is 17.4. The van der Waals surface area contributed by atoms with Gasteiger partial charge in [0.2, 0.25) is 10.0 Å². The topological polar surface area (TPSA) is 113 Å². The summed E-state index contributed by atoms with van der Waals surface area (Å²) in [7, 11) is -0.845. The number of allylic oxidation sites excluding steroid dienone is 1. The Morgan fingerprint density at radius 1 is 1.21 bits per heavy atom. The second-order valence-electron chi connectivity index (χ2n) is 5.95. The van der Waals surface area contributed by atoms with E-state index in [1.165, 1.54) is 37.7 Å². The van der Waals surface area contributed by atoms with Crippen molar-refractivity contribution in [2.45, 2.75) is 11.4 Å². The maximum atomic E-state index is 12.7. The number of benzene rings is 2. The monoisotopic (exact) mass is 433 g/mol. The number of nitrogens with zero attached hydrogens (tertiary/aromatic N) is 2. The zero-order chi connectivity index (χ0) is 21.2. The van der Waals surface area contributed by atoms with Gasteiger partial charge in [-0.25, -0.2) is 13.6 Å². The highest BCUT2D eigenvalue weighted by molar-refractivity contribution is 7.89. The molecule has 1 heterocycles. The first kappa shape index (κ1) is 20.8. The Kier molecular flexibility index (Phi) is 5.87. The van der Waals surface area contributed by atoms with Crippen LogP contribution in [0.15, 0.2) is 58.9 Å². The molecular formula is C19H19N3O5S2. The predicted octanol–water partition coefficient (Wildman–Crippen LogP) is 2.29. The third kappa shape index (κ3) is 4.24. The molecule has 0 saturated heterocycles. The van der Waals surface area contributed by atoms with E-state index in [4.69, 9.17) is 14.6 Å². The van der Waals surface area contributed by atoms with Crippen molar-refractivity contribution in [2.75, 3.05) is 14.2 Å². The molecule has 1 aromatic heterocycles. The van der Waals surface area contributed by atoms with Crippen molar-refractivity contribution >= 4 is 37.5 Å². The zero-order valence-electron chi connectivity index (χ0n) is 15.8. The number of amides is 1. The van der Waals surface area contributed by atoms with Crippen LogP contribution in [0.4, 0.5) is 0 Å². The van der Waals surface area contributed by atoms with Gasteiger partial charge in [-0.3, -0.25) is 4.79 Å². The molecule has 0 aliphatic rings. The van der Waals surface area contributed by atoms with Gasteiger partial charge in [0.1, 0.15) is 0 Å². The normalized spacial score (nSPS) is 12.2. The van der Waals surface area contributed by atoms with Crippen molar-refractivity contribution in [1.82, 2.24) is 4.57 Å². The minimum Gasteiger partial charge on any atom is -0.493 e. The lowest BCUT2D eigenvalue weighted by Crippen LogP contribution is -2.16. The van der Waals surface area contributed by atoms with Gasteiger partial charge in [0.15, 0.2) is 16.3 Å². The Bertz CT molecular complexity index is 1270. The number of fused-ring (bicyclic) bond motifs is 1. The smallest absolute Gasteiger partial charge is 0.279 e. The van der Waals surface area contributed by atoms with Crippen LogP contribution in [0.2, 0.25) is 0 Å². The van der Waals surface area contributed by atoms with E-state index in [0.717, 1.165) is 5.52 Å². The van der Waals surface area contributed by atoms with E-state index in [2.05, 4.69) is 11.6 Å². The first-order chi connectivity index (χ1) is 13.8. The molecule has 2 aromatic carbocycles. The fourth-order valence-electron chi connectivity index (χ4n) is 2.74. The Hall–Kier alpha value is -2.95. The molecule has 0 bridgehead atoms. The summed E-state index contributed by atoms with van der Waals surface area (Å²) in [6.07, 6.45) is 1.67. The molecular weight excluding hydrogens is 414 g/mol. The molecule has 10 heteroatoms. The molecule has 0 atom stereocenters. The zero-order valence-corrected chi connectivity index (χ0v) is 17.4. The number of carbonyl (C=O) groups excluding carboxylic acids is 1. The van der Waals surface area contributed by atoms with E-state index >= 15 is 0 Å². The summed E-state index contributed by atoms with van der Waals surface area (Å²) in [6.45, 7) is 4.13. The predicted molar refractivity (Wildman–Crippen MR) is 111 cm³/mol. The number of hydrogen-bond donors (Lipinski definition) is 1. The highest BCUT2D eigenvalue weighted by atomic mass is 32.2. The summed E-state index contributed by atoms with van der Waals surface area (Å²) in [5.74, 6) is 0.451. The number of methoxy groups -OCH3 is 2. The second kappa shape index (κ2) is 8.19. The fourth-order valence-corrected chi connectivity index (χ4v) is 4.43. The largest absolute Gasteiger partial charge is 0.493 e. The molecule has 3 aromatic rings. The van der Waals surface area contributed by atoms with E-state index in [-0.39, 0.29) is 4.90 Å². The van der Waals surface area contributed by atoms with Crippen LogP contribution in [0.3, 0.4) is 0 Å². The first-order valence-corrected chi connectivity index (χ1v) is 10.7. The van der Waals surface area contributed by atoms with Crippen molar-refractivity contribution in [2.24, 2.45) is 10.1 Å². The summed E-state index contributed by atoms with van der Waals surface area (Å²) < 4.78 is 36.1. The van der Waals surface area contributed by atoms with Crippen molar-refractivity contribution in [1.29, 1.82) is 0 Å². The number of aromatic nitrogens is 1. The van der Waals surface area contributed by atoms with Gasteiger partial charge in [0.05, 0.1) is 29.3 Å². The van der Waals surface area contributed by atoms with Crippen molar-refractivity contribution < 1.29 is 22.7 Å². The van der Waals surface area contributed by atoms with E-state index in [1.54, 1.807) is 34.9 Å². The van der Waals surface area contributed by atoms with Gasteiger partial charge in [-0.05, 0) is 36.4 Å². The minimum absolute atomic E-state index is 0.00484. The van der Waals surface area contributed by atoms with E-state index < -0.39 is 15.9 Å². The van der Waals surface area contributed by atoms with Crippen LogP contribution in [-0.4, -0.2) is 33.1 Å². The molecule has 0 saturated carbocycles. The second-order valence-corrected chi connectivity index (χ2v) is 8.52. The molecule has 0 unspecified atom stereocenters. The van der Waals surface area contributed by atoms with Crippen LogP contribution in [-0.2, 0) is 16.6 Å². The number of carbonyl (C=O) groups is 1. The average molecular weight is 434 g/mol. The van der Waals surface area contributed by atoms with Gasteiger partial charge in [-0.1, -0.05) is 17.4 Å². The number of hydrogen-bond acceptors (Lipinski definition) is 6. The number of rotatable bonds is 6. The number of primary sulfonamides is 1. The minimum atomic E-state index is -3.84. The molecule has 0 spiro atoms. The Morgan fingerprint density at radius 3 is 2.55 bits per heavy atom. The van der Waals surface area contributed by atoms with E-state index in [0.29, 0.717) is 33.1 Å². The summed E-state index contributed by atoms with van der Waals surface area (Å²) >= 11 is 1.19. The number of nitrogens with two attached hydrogens (primary N) is 1. The molecule has 2 N–H and O–H groups in total. The van der Waals surface area contributed by atoms with E-state index in [1.807, 2.05) is 0 Å². The summed E-state index contributed by atoms with van der Waals surface area (Å²) in [5.41, 5.74) is 1.05. The van der Waals surface area contributed by atoms with Crippen LogP contribution in [0.25, 0.3) is 10.2 Å².